The second-order valence-electron chi connectivity index (χ2n) is 13.4. The molecule has 13 atom stereocenters. The Morgan fingerprint density at radius 1 is 0.879 bits per heavy atom. The molecule has 5 nitrogen and oxygen atoms in total. The van der Waals surface area contributed by atoms with Gasteiger partial charge in [-0.2, -0.15) is 0 Å². The average molecular weight is 465 g/mol. The molecule has 0 spiro atoms. The highest BCUT2D eigenvalue weighted by Gasteiger charge is 2.63. The minimum atomic E-state index is -0.782. The molecule has 4 N–H and O–H groups in total. The zero-order chi connectivity index (χ0) is 24.5. The topological polar surface area (TPSA) is 98.0 Å². The first kappa shape index (κ1) is 25.6. The van der Waals surface area contributed by atoms with Crippen LogP contribution in [-0.2, 0) is 4.79 Å². The van der Waals surface area contributed by atoms with Crippen molar-refractivity contribution in [1.82, 2.24) is 0 Å². The zero-order valence-corrected chi connectivity index (χ0v) is 21.6. The van der Waals surface area contributed by atoms with Crippen LogP contribution in [0, 0.1) is 58.2 Å². The second-order valence-corrected chi connectivity index (χ2v) is 13.4. The molecule has 5 unspecified atom stereocenters. The summed E-state index contributed by atoms with van der Waals surface area (Å²) in [7, 11) is 0. The fourth-order valence-corrected chi connectivity index (χ4v) is 9.23. The van der Waals surface area contributed by atoms with Crippen molar-refractivity contribution in [3.63, 3.8) is 0 Å². The van der Waals surface area contributed by atoms with E-state index in [1.165, 1.54) is 0 Å². The van der Waals surface area contributed by atoms with E-state index in [4.69, 9.17) is 0 Å². The summed E-state index contributed by atoms with van der Waals surface area (Å²) < 4.78 is 0. The molecule has 0 aromatic heterocycles. The van der Waals surface area contributed by atoms with E-state index in [1.807, 2.05) is 6.92 Å². The van der Waals surface area contributed by atoms with Gasteiger partial charge in [-0.05, 0) is 90.8 Å². The molecule has 0 radical (unpaired) electrons. The molecule has 5 heteroatoms. The lowest BCUT2D eigenvalue weighted by atomic mass is 9.44. The number of aliphatic hydroxyl groups is 4. The lowest BCUT2D eigenvalue weighted by Gasteiger charge is -2.61. The van der Waals surface area contributed by atoms with Crippen LogP contribution in [0.3, 0.4) is 0 Å². The van der Waals surface area contributed by atoms with Crippen LogP contribution in [0.5, 0.6) is 0 Å². The van der Waals surface area contributed by atoms with E-state index in [1.54, 1.807) is 0 Å². The number of hydrogen-bond acceptors (Lipinski definition) is 5. The van der Waals surface area contributed by atoms with Gasteiger partial charge in [0, 0.05) is 12.3 Å². The first-order valence-corrected chi connectivity index (χ1v) is 13.6. The summed E-state index contributed by atoms with van der Waals surface area (Å²) in [5, 5.41) is 42.8. The quantitative estimate of drug-likeness (QED) is 0.496. The van der Waals surface area contributed by atoms with Crippen LogP contribution in [0.1, 0.15) is 86.5 Å². The van der Waals surface area contributed by atoms with E-state index in [9.17, 15) is 25.2 Å². The Bertz CT molecular complexity index is 738. The molecule has 4 aliphatic rings. The number of Topliss-reactive ketones (excluding diaryl/α,β-unsaturated/α-hetero) is 1. The summed E-state index contributed by atoms with van der Waals surface area (Å²) in [6.45, 7) is 12.9. The van der Waals surface area contributed by atoms with Gasteiger partial charge in [0.05, 0.1) is 24.4 Å². The summed E-state index contributed by atoms with van der Waals surface area (Å²) in [6.07, 6.45) is 2.80. The molecule has 0 amide bonds. The molecule has 33 heavy (non-hydrogen) atoms. The Morgan fingerprint density at radius 3 is 2.15 bits per heavy atom. The maximum atomic E-state index is 13.3. The van der Waals surface area contributed by atoms with Gasteiger partial charge in [0.1, 0.15) is 5.78 Å². The van der Waals surface area contributed by atoms with Crippen LogP contribution >= 0.6 is 0 Å². The predicted octanol–water partition coefficient (Wildman–Crippen LogP) is 3.81. The Labute approximate surface area is 200 Å². The van der Waals surface area contributed by atoms with E-state index in [0.717, 1.165) is 25.7 Å². The summed E-state index contributed by atoms with van der Waals surface area (Å²) in [5.74, 6) is 2.05. The first-order chi connectivity index (χ1) is 15.3. The monoisotopic (exact) mass is 464 g/mol. The van der Waals surface area contributed by atoms with Crippen molar-refractivity contribution in [2.75, 3.05) is 0 Å². The summed E-state index contributed by atoms with van der Waals surface area (Å²) in [5.41, 5.74) is -0.162. The Morgan fingerprint density at radius 2 is 1.52 bits per heavy atom. The van der Waals surface area contributed by atoms with Crippen molar-refractivity contribution < 1.29 is 25.2 Å². The Kier molecular flexibility index (Phi) is 6.88. The third-order valence-electron chi connectivity index (χ3n) is 11.7. The molecule has 4 fully saturated rings. The summed E-state index contributed by atoms with van der Waals surface area (Å²) in [4.78, 5) is 13.3. The van der Waals surface area contributed by atoms with Crippen molar-refractivity contribution in [3.8, 4) is 0 Å². The maximum absolute atomic E-state index is 13.3. The molecule has 0 heterocycles. The van der Waals surface area contributed by atoms with E-state index in [0.29, 0.717) is 48.9 Å². The molecule has 190 valence electrons. The van der Waals surface area contributed by atoms with Gasteiger partial charge in [-0.3, -0.25) is 4.79 Å². The highest BCUT2D eigenvalue weighted by atomic mass is 16.3. The van der Waals surface area contributed by atoms with Gasteiger partial charge in [0.25, 0.3) is 0 Å². The Balaban J connectivity index is 1.56. The average Bonchev–Trinajstić information content (AvgIpc) is 3.10. The van der Waals surface area contributed by atoms with Crippen LogP contribution in [0.15, 0.2) is 0 Å². The van der Waals surface area contributed by atoms with E-state index < -0.39 is 24.4 Å². The van der Waals surface area contributed by atoms with Gasteiger partial charge in [-0.1, -0.05) is 41.5 Å². The van der Waals surface area contributed by atoms with Crippen LogP contribution < -0.4 is 0 Å². The van der Waals surface area contributed by atoms with E-state index in [2.05, 4.69) is 34.6 Å². The summed E-state index contributed by atoms with van der Waals surface area (Å²) in [6, 6.07) is 0. The van der Waals surface area contributed by atoms with E-state index in [-0.39, 0.29) is 34.4 Å². The number of carbonyl (C=O) groups excluding carboxylic acids is 1. The highest BCUT2D eigenvalue weighted by molar-refractivity contribution is 5.83. The maximum Gasteiger partial charge on any atom is 0.136 e. The van der Waals surface area contributed by atoms with Crippen molar-refractivity contribution >= 4 is 5.78 Å². The Hall–Kier alpha value is -0.490. The van der Waals surface area contributed by atoms with Gasteiger partial charge in [-0.15, -0.1) is 0 Å². The minimum absolute atomic E-state index is 0.0158. The van der Waals surface area contributed by atoms with Crippen LogP contribution in [0.25, 0.3) is 0 Å². The molecular weight excluding hydrogens is 416 g/mol. The fourth-order valence-electron chi connectivity index (χ4n) is 9.23. The lowest BCUT2D eigenvalue weighted by Crippen LogP contribution is -2.59. The van der Waals surface area contributed by atoms with Gasteiger partial charge in [0.15, 0.2) is 0 Å². The number of rotatable bonds is 5. The third kappa shape index (κ3) is 3.93. The third-order valence-corrected chi connectivity index (χ3v) is 11.7. The molecule has 0 aromatic carbocycles. The molecule has 4 aliphatic carbocycles. The number of aliphatic hydroxyl groups excluding tert-OH is 4. The standard InChI is InChI=1S/C28H48O5/c1-14(2)15(3)25(32)26(33)16(4)18-7-8-19-17-11-22(29)21-12-23(30)24(31)13-28(21,6)20(17)9-10-27(18,19)5/h14-21,23-26,30-33H,7-13H2,1-6H3/t15-,16-,17?,18?,19?,20?,21?,23-,24+,25+,26+,27+,28+/m0/s1. The molecular formula is C28H48O5. The second kappa shape index (κ2) is 8.87. The normalized spacial score (nSPS) is 49.1. The van der Waals surface area contributed by atoms with Crippen molar-refractivity contribution in [2.45, 2.75) is 111 Å². The molecule has 0 saturated heterocycles. The zero-order valence-electron chi connectivity index (χ0n) is 21.6. The number of hydrogen-bond donors (Lipinski definition) is 4. The van der Waals surface area contributed by atoms with Crippen LogP contribution in [-0.4, -0.2) is 50.6 Å². The molecule has 4 saturated carbocycles. The highest BCUT2D eigenvalue weighted by Crippen LogP contribution is 2.67. The number of carbonyl (C=O) groups is 1. The van der Waals surface area contributed by atoms with Crippen molar-refractivity contribution in [2.24, 2.45) is 58.2 Å². The van der Waals surface area contributed by atoms with Crippen LogP contribution in [0.2, 0.25) is 0 Å². The SMILES string of the molecule is CC(C)[C@H](C)[C@@H](O)[C@H](O)[C@@H](C)C1CCC2C3CC(=O)C4C[C@H](O)[C@H](O)C[C@]4(C)C3CC[C@@]21C. The minimum Gasteiger partial charge on any atom is -0.390 e. The van der Waals surface area contributed by atoms with E-state index >= 15 is 0 Å². The van der Waals surface area contributed by atoms with Crippen molar-refractivity contribution in [3.05, 3.63) is 0 Å². The smallest absolute Gasteiger partial charge is 0.136 e. The van der Waals surface area contributed by atoms with Gasteiger partial charge >= 0.3 is 0 Å². The van der Waals surface area contributed by atoms with Gasteiger partial charge in [0.2, 0.25) is 0 Å². The first-order valence-electron chi connectivity index (χ1n) is 13.6. The van der Waals surface area contributed by atoms with Gasteiger partial charge in [-0.25, -0.2) is 0 Å². The molecule has 0 bridgehead atoms. The molecule has 4 rings (SSSR count). The molecule has 0 aromatic rings. The number of ketones is 1. The van der Waals surface area contributed by atoms with Gasteiger partial charge < -0.3 is 20.4 Å². The largest absolute Gasteiger partial charge is 0.390 e. The van der Waals surface area contributed by atoms with Crippen LogP contribution in [0.4, 0.5) is 0 Å². The lowest BCUT2D eigenvalue weighted by molar-refractivity contribution is -0.175. The fraction of sp³-hybridized carbons (Fsp3) is 0.964. The van der Waals surface area contributed by atoms with Crippen molar-refractivity contribution in [1.29, 1.82) is 0 Å². The number of fused-ring (bicyclic) bond motifs is 5. The summed E-state index contributed by atoms with van der Waals surface area (Å²) >= 11 is 0. The predicted molar refractivity (Wildman–Crippen MR) is 128 cm³/mol. The molecule has 0 aliphatic heterocycles.